The van der Waals surface area contributed by atoms with Gasteiger partial charge in [-0.25, -0.2) is 32.5 Å². The van der Waals surface area contributed by atoms with Crippen molar-refractivity contribution < 1.29 is 27.4 Å². The average Bonchev–Trinajstić information content (AvgIpc) is 2.56. The molecule has 1 aromatic heterocycles. The molecule has 8 nitrogen and oxygen atoms in total. The predicted molar refractivity (Wildman–Crippen MR) is 110 cm³/mol. The first kappa shape index (κ1) is 24.0. The summed E-state index contributed by atoms with van der Waals surface area (Å²) in [4.78, 5) is 21.5. The summed E-state index contributed by atoms with van der Waals surface area (Å²) in [7, 11) is -3.67. The first-order valence-electron chi connectivity index (χ1n) is 8.91. The number of ether oxygens (including phenoxy) is 1. The van der Waals surface area contributed by atoms with E-state index in [1.54, 1.807) is 20.8 Å². The van der Waals surface area contributed by atoms with Crippen molar-refractivity contribution in [3.05, 3.63) is 41.1 Å². The van der Waals surface area contributed by atoms with Crippen LogP contribution in [0, 0.1) is 5.82 Å². The SMILES string of the molecule is CC(O)Cc1c(Cl)ncnc1N(C(=O)OC(C)(C)C)c1ccc(S(C)(=O)=O)cc1F. The van der Waals surface area contributed by atoms with Crippen molar-refractivity contribution in [2.24, 2.45) is 0 Å². The van der Waals surface area contributed by atoms with Crippen molar-refractivity contribution in [3.63, 3.8) is 0 Å². The van der Waals surface area contributed by atoms with Gasteiger partial charge in [0.15, 0.2) is 15.7 Å². The Kier molecular flexibility index (Phi) is 7.05. The minimum Gasteiger partial charge on any atom is -0.443 e. The van der Waals surface area contributed by atoms with Gasteiger partial charge >= 0.3 is 6.09 Å². The van der Waals surface area contributed by atoms with Crippen LogP contribution >= 0.6 is 11.6 Å². The number of amides is 1. The normalized spacial score (nSPS) is 13.1. The van der Waals surface area contributed by atoms with E-state index in [1.807, 2.05) is 0 Å². The Morgan fingerprint density at radius 1 is 1.33 bits per heavy atom. The van der Waals surface area contributed by atoms with Crippen LogP contribution in [-0.2, 0) is 21.0 Å². The topological polar surface area (TPSA) is 110 Å². The van der Waals surface area contributed by atoms with Crippen molar-refractivity contribution in [1.82, 2.24) is 9.97 Å². The molecule has 0 saturated heterocycles. The largest absolute Gasteiger partial charge is 0.443 e. The highest BCUT2D eigenvalue weighted by Crippen LogP contribution is 2.34. The molecule has 1 heterocycles. The fourth-order valence-electron chi connectivity index (χ4n) is 2.55. The highest BCUT2D eigenvalue weighted by atomic mass is 35.5. The number of benzene rings is 1. The second-order valence-corrected chi connectivity index (χ2v) is 10.1. The zero-order valence-electron chi connectivity index (χ0n) is 17.2. The fourth-order valence-corrected chi connectivity index (χ4v) is 3.39. The minimum atomic E-state index is -3.67. The van der Waals surface area contributed by atoms with Crippen LogP contribution in [-0.4, -0.2) is 47.5 Å². The van der Waals surface area contributed by atoms with Gasteiger partial charge in [-0.15, -0.1) is 0 Å². The second-order valence-electron chi connectivity index (χ2n) is 7.72. The molecule has 0 fully saturated rings. The zero-order valence-corrected chi connectivity index (χ0v) is 18.8. The van der Waals surface area contributed by atoms with Crippen LogP contribution in [0.3, 0.4) is 0 Å². The fraction of sp³-hybridized carbons (Fsp3) is 0.421. The summed E-state index contributed by atoms with van der Waals surface area (Å²) in [6.45, 7) is 6.41. The summed E-state index contributed by atoms with van der Waals surface area (Å²) in [6, 6.07) is 3.11. The number of hydrogen-bond acceptors (Lipinski definition) is 7. The van der Waals surface area contributed by atoms with Gasteiger partial charge in [-0.1, -0.05) is 11.6 Å². The van der Waals surface area contributed by atoms with Crippen LogP contribution in [0.15, 0.2) is 29.4 Å². The maximum absolute atomic E-state index is 15.0. The predicted octanol–water partition coefficient (Wildman–Crippen LogP) is 3.67. The Morgan fingerprint density at radius 3 is 2.47 bits per heavy atom. The lowest BCUT2D eigenvalue weighted by Gasteiger charge is -2.28. The van der Waals surface area contributed by atoms with Gasteiger partial charge in [-0.3, -0.25) is 0 Å². The lowest BCUT2D eigenvalue weighted by Crippen LogP contribution is -2.35. The standard InChI is InChI=1S/C19H23ClFN3O5S/c1-11(25)8-13-16(20)22-10-23-17(13)24(18(26)29-19(2,3)4)15-7-6-12(9-14(15)21)30(5,27)28/h6-7,9-11,25H,8H2,1-5H3. The molecule has 164 valence electrons. The zero-order chi connectivity index (χ0) is 22.9. The molecule has 2 aromatic rings. The summed E-state index contributed by atoms with van der Waals surface area (Å²) in [5.41, 5.74) is -1.01. The molecule has 2 rings (SSSR count). The molecule has 1 N–H and O–H groups in total. The highest BCUT2D eigenvalue weighted by Gasteiger charge is 2.31. The number of halogens is 2. The quantitative estimate of drug-likeness (QED) is 0.679. The summed E-state index contributed by atoms with van der Waals surface area (Å²) >= 11 is 6.15. The van der Waals surface area contributed by atoms with Crippen molar-refractivity contribution in [1.29, 1.82) is 0 Å². The lowest BCUT2D eigenvalue weighted by molar-refractivity contribution is 0.0596. The first-order valence-corrected chi connectivity index (χ1v) is 11.2. The van der Waals surface area contributed by atoms with Crippen LogP contribution in [0.25, 0.3) is 0 Å². The third kappa shape index (κ3) is 5.87. The molecule has 11 heteroatoms. The molecule has 0 radical (unpaired) electrons. The van der Waals surface area contributed by atoms with Crippen LogP contribution in [0.2, 0.25) is 5.15 Å². The number of sulfone groups is 1. The molecule has 0 spiro atoms. The Morgan fingerprint density at radius 2 is 1.97 bits per heavy atom. The number of hydrogen-bond donors (Lipinski definition) is 1. The molecule has 0 aliphatic carbocycles. The van der Waals surface area contributed by atoms with Crippen molar-refractivity contribution in [2.75, 3.05) is 11.2 Å². The molecule has 1 atom stereocenters. The minimum absolute atomic E-state index is 0.0165. The van der Waals surface area contributed by atoms with E-state index in [4.69, 9.17) is 16.3 Å². The molecule has 30 heavy (non-hydrogen) atoms. The number of aliphatic hydroxyl groups excluding tert-OH is 1. The molecular formula is C19H23ClFN3O5S. The monoisotopic (exact) mass is 459 g/mol. The van der Waals surface area contributed by atoms with Crippen molar-refractivity contribution >= 4 is 39.0 Å². The number of anilines is 2. The molecule has 0 aliphatic rings. The van der Waals surface area contributed by atoms with Crippen molar-refractivity contribution in [3.8, 4) is 0 Å². The summed E-state index contributed by atoms with van der Waals surface area (Å²) in [5.74, 6) is -1.07. The molecular weight excluding hydrogens is 437 g/mol. The maximum atomic E-state index is 15.0. The summed E-state index contributed by atoms with van der Waals surface area (Å²) in [6.07, 6.45) is 0.193. The molecule has 1 aromatic carbocycles. The van der Waals surface area contributed by atoms with Gasteiger partial charge in [0.1, 0.15) is 22.9 Å². The van der Waals surface area contributed by atoms with E-state index in [9.17, 15) is 22.7 Å². The number of rotatable bonds is 5. The average molecular weight is 460 g/mol. The van der Waals surface area contributed by atoms with E-state index < -0.39 is 33.5 Å². The van der Waals surface area contributed by atoms with Gasteiger partial charge in [0.25, 0.3) is 0 Å². The highest BCUT2D eigenvalue weighted by molar-refractivity contribution is 7.90. The number of carbonyl (C=O) groups is 1. The number of carbonyl (C=O) groups excluding carboxylic acids is 1. The maximum Gasteiger partial charge on any atom is 0.420 e. The van der Waals surface area contributed by atoms with Gasteiger partial charge in [0.05, 0.1) is 16.7 Å². The first-order chi connectivity index (χ1) is 13.7. The Bertz CT molecular complexity index is 1050. The Labute approximate surface area is 179 Å². The van der Waals surface area contributed by atoms with Gasteiger partial charge < -0.3 is 9.84 Å². The third-order valence-corrected chi connectivity index (χ3v) is 5.18. The van der Waals surface area contributed by atoms with E-state index >= 15 is 0 Å². The smallest absolute Gasteiger partial charge is 0.420 e. The third-order valence-electron chi connectivity index (χ3n) is 3.75. The lowest BCUT2D eigenvalue weighted by atomic mass is 10.1. The van der Waals surface area contributed by atoms with E-state index in [0.717, 1.165) is 29.6 Å². The Balaban J connectivity index is 2.73. The molecule has 0 saturated carbocycles. The molecule has 1 amide bonds. The van der Waals surface area contributed by atoms with Gasteiger partial charge in [-0.2, -0.15) is 0 Å². The van der Waals surface area contributed by atoms with E-state index in [1.165, 1.54) is 13.0 Å². The number of aromatic nitrogens is 2. The van der Waals surface area contributed by atoms with E-state index in [2.05, 4.69) is 9.97 Å². The van der Waals surface area contributed by atoms with E-state index in [-0.39, 0.29) is 33.5 Å². The van der Waals surface area contributed by atoms with Crippen LogP contribution in [0.5, 0.6) is 0 Å². The number of aliphatic hydroxyl groups is 1. The van der Waals surface area contributed by atoms with Crippen molar-refractivity contribution in [2.45, 2.75) is 50.7 Å². The van der Waals surface area contributed by atoms with Gasteiger partial charge in [0, 0.05) is 18.2 Å². The molecule has 0 aliphatic heterocycles. The summed E-state index contributed by atoms with van der Waals surface area (Å²) < 4.78 is 43.8. The summed E-state index contributed by atoms with van der Waals surface area (Å²) in [5, 5.41) is 9.80. The van der Waals surface area contributed by atoms with Crippen LogP contribution < -0.4 is 4.90 Å². The Hall–Kier alpha value is -2.30. The van der Waals surface area contributed by atoms with Crippen LogP contribution in [0.1, 0.15) is 33.3 Å². The van der Waals surface area contributed by atoms with E-state index in [0.29, 0.717) is 0 Å². The molecule has 1 unspecified atom stereocenters. The van der Waals surface area contributed by atoms with Gasteiger partial charge in [-0.05, 0) is 45.9 Å². The number of nitrogens with zero attached hydrogens (tertiary/aromatic N) is 3. The van der Waals surface area contributed by atoms with Crippen LogP contribution in [0.4, 0.5) is 20.7 Å². The second kappa shape index (κ2) is 8.83. The van der Waals surface area contributed by atoms with Gasteiger partial charge in [0.2, 0.25) is 0 Å². The molecule has 0 bridgehead atoms.